The monoisotopic (exact) mass is 265 g/mol. The molecule has 0 aliphatic carbocycles. The molecule has 0 spiro atoms. The Labute approximate surface area is 110 Å². The highest BCUT2D eigenvalue weighted by Gasteiger charge is 2.30. The summed E-state index contributed by atoms with van der Waals surface area (Å²) in [5, 5.41) is 1.97. The van der Waals surface area contributed by atoms with Gasteiger partial charge in [0, 0.05) is 24.0 Å². The molecule has 0 radical (unpaired) electrons. The summed E-state index contributed by atoms with van der Waals surface area (Å²) in [6, 6.07) is 3.90. The lowest BCUT2D eigenvalue weighted by Crippen LogP contribution is -2.28. The van der Waals surface area contributed by atoms with Gasteiger partial charge in [-0.25, -0.2) is 0 Å². The van der Waals surface area contributed by atoms with Crippen molar-refractivity contribution in [2.45, 2.75) is 6.42 Å². The summed E-state index contributed by atoms with van der Waals surface area (Å²) in [7, 11) is 1.38. The maximum absolute atomic E-state index is 11.9. The lowest BCUT2D eigenvalue weighted by atomic mass is 10.1. The van der Waals surface area contributed by atoms with Crippen LogP contribution in [0.15, 0.2) is 23.6 Å². The van der Waals surface area contributed by atoms with Gasteiger partial charge in [0.25, 0.3) is 0 Å². The molecule has 0 bridgehead atoms. The molecule has 4 nitrogen and oxygen atoms in total. The zero-order valence-electron chi connectivity index (χ0n) is 10.2. The first-order valence-electron chi connectivity index (χ1n) is 5.79. The lowest BCUT2D eigenvalue weighted by Gasteiger charge is -2.13. The molecule has 1 aromatic rings. The second kappa shape index (κ2) is 5.82. The summed E-state index contributed by atoms with van der Waals surface area (Å²) in [6.07, 6.45) is 4.05. The van der Waals surface area contributed by atoms with E-state index >= 15 is 0 Å². The molecule has 1 aromatic heterocycles. The molecule has 1 saturated heterocycles. The van der Waals surface area contributed by atoms with Crippen molar-refractivity contribution in [2.75, 3.05) is 20.2 Å². The summed E-state index contributed by atoms with van der Waals surface area (Å²) in [4.78, 5) is 26.0. The number of nitrogens with zero attached hydrogens (tertiary/aromatic N) is 1. The van der Waals surface area contributed by atoms with E-state index in [-0.39, 0.29) is 17.8 Å². The predicted octanol–water partition coefficient (Wildman–Crippen LogP) is 1.78. The van der Waals surface area contributed by atoms with E-state index in [1.807, 2.05) is 17.5 Å². The van der Waals surface area contributed by atoms with Crippen LogP contribution in [-0.2, 0) is 14.3 Å². The van der Waals surface area contributed by atoms with E-state index in [1.54, 1.807) is 28.4 Å². The van der Waals surface area contributed by atoms with Crippen molar-refractivity contribution < 1.29 is 14.3 Å². The highest BCUT2D eigenvalue weighted by molar-refractivity contribution is 7.10. The number of carbonyl (C=O) groups is 2. The number of rotatable bonds is 3. The molecule has 2 rings (SSSR count). The quantitative estimate of drug-likeness (QED) is 0.618. The first kappa shape index (κ1) is 12.8. The van der Waals surface area contributed by atoms with Crippen LogP contribution in [-0.4, -0.2) is 37.0 Å². The average molecular weight is 265 g/mol. The van der Waals surface area contributed by atoms with Gasteiger partial charge in [-0.15, -0.1) is 11.3 Å². The van der Waals surface area contributed by atoms with Gasteiger partial charge >= 0.3 is 5.97 Å². The Morgan fingerprint density at radius 3 is 3.06 bits per heavy atom. The smallest absolute Gasteiger partial charge is 0.310 e. The highest BCUT2D eigenvalue weighted by Crippen LogP contribution is 2.18. The second-order valence-corrected chi connectivity index (χ2v) is 5.12. The zero-order valence-corrected chi connectivity index (χ0v) is 11.0. The number of likely N-dealkylation sites (tertiary alicyclic amines) is 1. The molecule has 1 aliphatic rings. The largest absolute Gasteiger partial charge is 0.469 e. The fourth-order valence-corrected chi connectivity index (χ4v) is 2.58. The molecule has 18 heavy (non-hydrogen) atoms. The van der Waals surface area contributed by atoms with E-state index in [1.165, 1.54) is 7.11 Å². The molecule has 1 aliphatic heterocycles. The van der Waals surface area contributed by atoms with Crippen LogP contribution in [0.25, 0.3) is 6.08 Å². The number of thiophene rings is 1. The van der Waals surface area contributed by atoms with Crippen molar-refractivity contribution in [1.29, 1.82) is 0 Å². The zero-order chi connectivity index (χ0) is 13.0. The van der Waals surface area contributed by atoms with Crippen LogP contribution in [0.4, 0.5) is 0 Å². The number of amides is 1. The Morgan fingerprint density at radius 2 is 2.39 bits per heavy atom. The summed E-state index contributed by atoms with van der Waals surface area (Å²) in [5.74, 6) is -0.448. The SMILES string of the molecule is COC(=O)C1CCN(C(=O)C=Cc2cccs2)C1. The fourth-order valence-electron chi connectivity index (χ4n) is 1.96. The van der Waals surface area contributed by atoms with Gasteiger partial charge in [-0.05, 0) is 23.9 Å². The van der Waals surface area contributed by atoms with Gasteiger partial charge in [-0.1, -0.05) is 6.07 Å². The maximum atomic E-state index is 11.9. The van der Waals surface area contributed by atoms with Gasteiger partial charge in [-0.3, -0.25) is 9.59 Å². The minimum absolute atomic E-state index is 0.0465. The Balaban J connectivity index is 1.90. The predicted molar refractivity (Wildman–Crippen MR) is 70.1 cm³/mol. The Bertz CT molecular complexity index is 453. The van der Waals surface area contributed by atoms with E-state index in [0.717, 1.165) is 4.88 Å². The topological polar surface area (TPSA) is 46.6 Å². The van der Waals surface area contributed by atoms with E-state index in [2.05, 4.69) is 4.74 Å². The van der Waals surface area contributed by atoms with Crippen molar-refractivity contribution in [3.05, 3.63) is 28.5 Å². The summed E-state index contributed by atoms with van der Waals surface area (Å²) in [5.41, 5.74) is 0. The van der Waals surface area contributed by atoms with Crippen LogP contribution >= 0.6 is 11.3 Å². The van der Waals surface area contributed by atoms with Crippen molar-refractivity contribution in [3.8, 4) is 0 Å². The van der Waals surface area contributed by atoms with Crippen molar-refractivity contribution in [2.24, 2.45) is 5.92 Å². The molecule has 1 fully saturated rings. The van der Waals surface area contributed by atoms with Crippen molar-refractivity contribution in [3.63, 3.8) is 0 Å². The highest BCUT2D eigenvalue weighted by atomic mass is 32.1. The summed E-state index contributed by atoms with van der Waals surface area (Å²) < 4.78 is 4.69. The third-order valence-electron chi connectivity index (χ3n) is 2.97. The molecule has 0 aromatic carbocycles. The van der Waals surface area contributed by atoms with Crippen molar-refractivity contribution >= 4 is 29.3 Å². The molecule has 5 heteroatoms. The normalized spacial score (nSPS) is 19.4. The molecule has 1 unspecified atom stereocenters. The van der Waals surface area contributed by atoms with Gasteiger partial charge in [0.1, 0.15) is 0 Å². The minimum Gasteiger partial charge on any atom is -0.469 e. The molecule has 2 heterocycles. The minimum atomic E-state index is -0.229. The van der Waals surface area contributed by atoms with E-state index in [4.69, 9.17) is 0 Å². The Kier molecular flexibility index (Phi) is 4.15. The fraction of sp³-hybridized carbons (Fsp3) is 0.385. The molecular formula is C13H15NO3S. The van der Waals surface area contributed by atoms with Gasteiger partial charge < -0.3 is 9.64 Å². The standard InChI is InChI=1S/C13H15NO3S/c1-17-13(16)10-6-7-14(9-10)12(15)5-4-11-3-2-8-18-11/h2-5,8,10H,6-7,9H2,1H3. The van der Waals surface area contributed by atoms with Crippen molar-refractivity contribution in [1.82, 2.24) is 4.90 Å². The van der Waals surface area contributed by atoms with Crippen LogP contribution < -0.4 is 0 Å². The van der Waals surface area contributed by atoms with E-state index in [0.29, 0.717) is 19.5 Å². The molecular weight excluding hydrogens is 250 g/mol. The van der Waals surface area contributed by atoms with Gasteiger partial charge in [0.2, 0.25) is 5.91 Å². The summed E-state index contributed by atoms with van der Waals surface area (Å²) >= 11 is 1.58. The van der Waals surface area contributed by atoms with Crippen LogP contribution in [0.5, 0.6) is 0 Å². The van der Waals surface area contributed by atoms with Gasteiger partial charge in [-0.2, -0.15) is 0 Å². The second-order valence-electron chi connectivity index (χ2n) is 4.14. The third kappa shape index (κ3) is 2.98. The number of ether oxygens (including phenoxy) is 1. The summed E-state index contributed by atoms with van der Waals surface area (Å²) in [6.45, 7) is 1.08. The molecule has 1 amide bonds. The van der Waals surface area contributed by atoms with Gasteiger partial charge in [0.05, 0.1) is 13.0 Å². The number of esters is 1. The number of hydrogen-bond acceptors (Lipinski definition) is 4. The molecule has 96 valence electrons. The maximum Gasteiger partial charge on any atom is 0.310 e. The van der Waals surface area contributed by atoms with E-state index < -0.39 is 0 Å². The number of carbonyl (C=O) groups excluding carboxylic acids is 2. The lowest BCUT2D eigenvalue weighted by molar-refractivity contribution is -0.145. The van der Waals surface area contributed by atoms with Gasteiger partial charge in [0.15, 0.2) is 0 Å². The molecule has 1 atom stereocenters. The van der Waals surface area contributed by atoms with Crippen LogP contribution in [0.2, 0.25) is 0 Å². The Morgan fingerprint density at radius 1 is 1.56 bits per heavy atom. The average Bonchev–Trinajstić information content (AvgIpc) is 3.05. The first-order chi connectivity index (χ1) is 8.70. The number of hydrogen-bond donors (Lipinski definition) is 0. The molecule has 0 saturated carbocycles. The third-order valence-corrected chi connectivity index (χ3v) is 3.81. The van der Waals surface area contributed by atoms with Crippen LogP contribution in [0.3, 0.4) is 0 Å². The molecule has 0 N–H and O–H groups in total. The Hall–Kier alpha value is -1.62. The number of methoxy groups -OCH3 is 1. The first-order valence-corrected chi connectivity index (χ1v) is 6.67. The van der Waals surface area contributed by atoms with Crippen LogP contribution in [0, 0.1) is 5.92 Å². The van der Waals surface area contributed by atoms with Crippen LogP contribution in [0.1, 0.15) is 11.3 Å². The van der Waals surface area contributed by atoms with E-state index in [9.17, 15) is 9.59 Å².